The van der Waals surface area contributed by atoms with Gasteiger partial charge in [-0.1, -0.05) is 30.3 Å². The van der Waals surface area contributed by atoms with Gasteiger partial charge in [0.1, 0.15) is 0 Å². The smallest absolute Gasteiger partial charge is 0.269 e. The van der Waals surface area contributed by atoms with Gasteiger partial charge in [-0.25, -0.2) is 8.42 Å². The number of sulfonamides is 1. The van der Waals surface area contributed by atoms with Crippen LogP contribution in [0.5, 0.6) is 0 Å². The van der Waals surface area contributed by atoms with Crippen LogP contribution in [0.4, 0.5) is 5.69 Å². The normalized spacial score (nSPS) is 20.8. The van der Waals surface area contributed by atoms with Crippen LogP contribution in [0.25, 0.3) is 0 Å². The van der Waals surface area contributed by atoms with E-state index in [1.54, 1.807) is 0 Å². The van der Waals surface area contributed by atoms with Gasteiger partial charge >= 0.3 is 0 Å². The second-order valence-electron chi connectivity index (χ2n) is 6.64. The summed E-state index contributed by atoms with van der Waals surface area (Å²) in [7, 11) is -3.77. The van der Waals surface area contributed by atoms with Crippen molar-refractivity contribution < 1.29 is 22.8 Å². The van der Waals surface area contributed by atoms with Gasteiger partial charge in [0.25, 0.3) is 5.69 Å². The van der Waals surface area contributed by atoms with Gasteiger partial charge in [-0.2, -0.15) is 4.31 Å². The molecular weight excluding hydrogens is 384 g/mol. The predicted octanol–water partition coefficient (Wildman–Crippen LogP) is 2.59. The van der Waals surface area contributed by atoms with Crippen LogP contribution in [0, 0.1) is 10.1 Å². The summed E-state index contributed by atoms with van der Waals surface area (Å²) in [6, 6.07) is 14.6. The highest BCUT2D eigenvalue weighted by atomic mass is 32.2. The first kappa shape index (κ1) is 20.4. The van der Waals surface area contributed by atoms with Gasteiger partial charge in [-0.15, -0.1) is 0 Å². The van der Waals surface area contributed by atoms with Gasteiger partial charge in [-0.3, -0.25) is 10.1 Å². The van der Waals surface area contributed by atoms with Gasteiger partial charge in [0.05, 0.1) is 35.2 Å². The Morgan fingerprint density at radius 3 is 2.46 bits per heavy atom. The van der Waals surface area contributed by atoms with Crippen LogP contribution in [-0.4, -0.2) is 49.6 Å². The van der Waals surface area contributed by atoms with E-state index in [0.29, 0.717) is 6.61 Å². The first-order valence-corrected chi connectivity index (χ1v) is 10.3. The predicted molar refractivity (Wildman–Crippen MR) is 102 cm³/mol. The molecular formula is C19H22N2O6S. The molecule has 0 bridgehead atoms. The molecule has 150 valence electrons. The summed E-state index contributed by atoms with van der Waals surface area (Å²) in [5.41, 5.74) is 0.878. The van der Waals surface area contributed by atoms with Crippen molar-refractivity contribution in [2.45, 2.75) is 30.6 Å². The van der Waals surface area contributed by atoms with Crippen LogP contribution in [0.15, 0.2) is 59.5 Å². The van der Waals surface area contributed by atoms with E-state index in [9.17, 15) is 18.5 Å². The molecule has 0 amide bonds. The van der Waals surface area contributed by atoms with Crippen molar-refractivity contribution in [2.24, 2.45) is 0 Å². The van der Waals surface area contributed by atoms with E-state index < -0.39 is 14.9 Å². The summed E-state index contributed by atoms with van der Waals surface area (Å²) >= 11 is 0. The van der Waals surface area contributed by atoms with Crippen LogP contribution in [0.3, 0.4) is 0 Å². The fraction of sp³-hybridized carbons (Fsp3) is 0.368. The summed E-state index contributed by atoms with van der Waals surface area (Å²) in [6.45, 7) is 2.88. The van der Waals surface area contributed by atoms with Crippen molar-refractivity contribution >= 4 is 15.7 Å². The number of nitro groups is 1. The minimum Gasteiger partial charge on any atom is -0.374 e. The molecule has 0 spiro atoms. The summed E-state index contributed by atoms with van der Waals surface area (Å²) in [5, 5.41) is 10.8. The molecule has 3 rings (SSSR count). The lowest BCUT2D eigenvalue weighted by Gasteiger charge is -2.35. The third-order valence-corrected chi connectivity index (χ3v) is 6.24. The van der Waals surface area contributed by atoms with E-state index in [2.05, 4.69) is 0 Å². The van der Waals surface area contributed by atoms with Crippen LogP contribution in [0.1, 0.15) is 12.5 Å². The molecule has 0 saturated carbocycles. The summed E-state index contributed by atoms with van der Waals surface area (Å²) in [6.07, 6.45) is -0.674. The zero-order valence-electron chi connectivity index (χ0n) is 15.4. The zero-order chi connectivity index (χ0) is 20.1. The fourth-order valence-corrected chi connectivity index (χ4v) is 4.61. The Bertz CT molecular complexity index is 902. The number of rotatable bonds is 7. The maximum absolute atomic E-state index is 12.9. The van der Waals surface area contributed by atoms with Crippen molar-refractivity contribution in [3.05, 3.63) is 70.3 Å². The number of morpholine rings is 1. The van der Waals surface area contributed by atoms with Crippen molar-refractivity contribution in [1.82, 2.24) is 4.31 Å². The van der Waals surface area contributed by atoms with E-state index in [-0.39, 0.29) is 42.5 Å². The van der Waals surface area contributed by atoms with Crippen molar-refractivity contribution in [2.75, 3.05) is 19.7 Å². The molecule has 0 radical (unpaired) electrons. The molecule has 1 saturated heterocycles. The molecule has 0 aliphatic carbocycles. The van der Waals surface area contributed by atoms with E-state index in [1.165, 1.54) is 28.6 Å². The van der Waals surface area contributed by atoms with Gasteiger partial charge in [0, 0.05) is 25.2 Å². The van der Waals surface area contributed by atoms with Gasteiger partial charge in [0.15, 0.2) is 0 Å². The average molecular weight is 406 g/mol. The molecule has 0 N–H and O–H groups in total. The maximum atomic E-state index is 12.9. The second-order valence-corrected chi connectivity index (χ2v) is 8.58. The molecule has 1 aliphatic rings. The van der Waals surface area contributed by atoms with Crippen molar-refractivity contribution in [3.63, 3.8) is 0 Å². The lowest BCUT2D eigenvalue weighted by atomic mass is 10.2. The molecule has 1 unspecified atom stereocenters. The van der Waals surface area contributed by atoms with Gasteiger partial charge < -0.3 is 9.47 Å². The van der Waals surface area contributed by atoms with E-state index in [0.717, 1.165) is 5.56 Å². The molecule has 1 fully saturated rings. The number of hydrogen-bond donors (Lipinski definition) is 0. The molecule has 2 aromatic carbocycles. The minimum atomic E-state index is -3.77. The van der Waals surface area contributed by atoms with E-state index >= 15 is 0 Å². The lowest BCUT2D eigenvalue weighted by Crippen LogP contribution is -2.50. The number of nitrogens with zero attached hydrogens (tertiary/aromatic N) is 2. The van der Waals surface area contributed by atoms with Crippen molar-refractivity contribution in [3.8, 4) is 0 Å². The third kappa shape index (κ3) is 4.93. The first-order valence-electron chi connectivity index (χ1n) is 8.88. The van der Waals surface area contributed by atoms with Crippen LogP contribution < -0.4 is 0 Å². The topological polar surface area (TPSA) is 99.0 Å². The Kier molecular flexibility index (Phi) is 6.40. The number of nitro benzene ring substituents is 1. The fourth-order valence-electron chi connectivity index (χ4n) is 3.06. The monoisotopic (exact) mass is 406 g/mol. The van der Waals surface area contributed by atoms with Gasteiger partial charge in [0.2, 0.25) is 10.0 Å². The minimum absolute atomic E-state index is 0.0242. The van der Waals surface area contributed by atoms with E-state index in [4.69, 9.17) is 9.47 Å². The summed E-state index contributed by atoms with van der Waals surface area (Å²) in [5.74, 6) is 0. The molecule has 2 atom stereocenters. The van der Waals surface area contributed by atoms with Gasteiger partial charge in [-0.05, 0) is 24.6 Å². The molecule has 1 aliphatic heterocycles. The molecule has 0 aromatic heterocycles. The van der Waals surface area contributed by atoms with E-state index in [1.807, 2.05) is 37.3 Å². The van der Waals surface area contributed by atoms with Crippen LogP contribution >= 0.6 is 0 Å². The highest BCUT2D eigenvalue weighted by Crippen LogP contribution is 2.23. The number of non-ortho nitro benzene ring substituents is 1. The number of hydrogen-bond acceptors (Lipinski definition) is 6. The Hall–Kier alpha value is -2.33. The van der Waals surface area contributed by atoms with Crippen LogP contribution in [0.2, 0.25) is 0 Å². The second kappa shape index (κ2) is 8.78. The number of benzene rings is 2. The summed E-state index contributed by atoms with van der Waals surface area (Å²) < 4.78 is 38.7. The zero-order valence-corrected chi connectivity index (χ0v) is 16.2. The molecule has 2 aromatic rings. The molecule has 9 heteroatoms. The van der Waals surface area contributed by atoms with Crippen LogP contribution in [-0.2, 0) is 26.1 Å². The SMILES string of the molecule is CC1CN(S(=O)(=O)c2ccc([N+](=O)[O-])cc2)C[C@H](COCc2ccccc2)O1. The average Bonchev–Trinajstić information content (AvgIpc) is 2.68. The highest BCUT2D eigenvalue weighted by molar-refractivity contribution is 7.89. The highest BCUT2D eigenvalue weighted by Gasteiger charge is 2.34. The quantitative estimate of drug-likeness (QED) is 0.518. The Morgan fingerprint density at radius 2 is 1.82 bits per heavy atom. The standard InChI is InChI=1S/C19H22N2O6S/c1-15-11-20(28(24,25)19-9-7-17(8-10-19)21(22)23)12-18(27-15)14-26-13-16-5-3-2-4-6-16/h2-10,15,18H,11-14H2,1H3/t15?,18-/m1/s1. The Balaban J connectivity index is 1.64. The Labute approximate surface area is 163 Å². The largest absolute Gasteiger partial charge is 0.374 e. The molecule has 1 heterocycles. The Morgan fingerprint density at radius 1 is 1.14 bits per heavy atom. The number of ether oxygens (including phenoxy) is 2. The molecule has 8 nitrogen and oxygen atoms in total. The van der Waals surface area contributed by atoms with Crippen molar-refractivity contribution in [1.29, 1.82) is 0 Å². The third-order valence-electron chi connectivity index (χ3n) is 4.39. The summed E-state index contributed by atoms with van der Waals surface area (Å²) in [4.78, 5) is 10.2. The lowest BCUT2D eigenvalue weighted by molar-refractivity contribution is -0.384. The molecule has 28 heavy (non-hydrogen) atoms. The maximum Gasteiger partial charge on any atom is 0.269 e. The first-order chi connectivity index (χ1) is 13.4.